The molecule has 0 aliphatic heterocycles. The number of amides is 1. The highest BCUT2D eigenvalue weighted by molar-refractivity contribution is 5.81. The lowest BCUT2D eigenvalue weighted by Gasteiger charge is -2.33. The van der Waals surface area contributed by atoms with E-state index in [2.05, 4.69) is 10.3 Å². The molecule has 0 bridgehead atoms. The van der Waals surface area contributed by atoms with Crippen LogP contribution in [-0.2, 0) is 23.8 Å². The Bertz CT molecular complexity index is 1010. The molecule has 3 rings (SSSR count). The van der Waals surface area contributed by atoms with Crippen LogP contribution in [0.4, 0.5) is 32.0 Å². The molecule has 1 aromatic heterocycles. The number of nitrogens with zero attached hydrogens (tertiary/aromatic N) is 2. The lowest BCUT2D eigenvalue weighted by molar-refractivity contribution is -0.192. The summed E-state index contributed by atoms with van der Waals surface area (Å²) in [6, 6.07) is 3.86. The van der Waals surface area contributed by atoms with Crippen LogP contribution in [0.3, 0.4) is 0 Å². The highest BCUT2D eigenvalue weighted by Crippen LogP contribution is 2.38. The first-order valence-corrected chi connectivity index (χ1v) is 10.3. The molecule has 1 aromatic carbocycles. The van der Waals surface area contributed by atoms with Crippen LogP contribution in [0.25, 0.3) is 0 Å². The maximum atomic E-state index is 13.8. The van der Waals surface area contributed by atoms with Gasteiger partial charge in [-0.25, -0.2) is 0 Å². The van der Waals surface area contributed by atoms with Crippen LogP contribution < -0.4 is 5.32 Å². The standard InChI is InChI=1S/C23H25F6N3O/c1-21(2,3)20(33)32(4)19(23(27,28)29)18-8-7-16(12-30-18)31-17-10-13-5-6-15(22(24,25)26)9-14(13)11-17/h5-9,12,17,19,31H,10-11H2,1-4H3/t17?,19-/m0/s1. The van der Waals surface area contributed by atoms with Crippen molar-refractivity contribution in [1.82, 2.24) is 9.88 Å². The molecule has 0 saturated heterocycles. The average molecular weight is 473 g/mol. The highest BCUT2D eigenvalue weighted by atomic mass is 19.4. The third-order valence-electron chi connectivity index (χ3n) is 5.56. The predicted octanol–water partition coefficient (Wildman–Crippen LogP) is 5.79. The molecule has 180 valence electrons. The number of hydrogen-bond donors (Lipinski definition) is 1. The van der Waals surface area contributed by atoms with Gasteiger partial charge in [-0.05, 0) is 48.2 Å². The Morgan fingerprint density at radius 3 is 2.18 bits per heavy atom. The van der Waals surface area contributed by atoms with Crippen molar-refractivity contribution < 1.29 is 31.1 Å². The molecule has 10 heteroatoms. The Balaban J connectivity index is 1.74. The summed E-state index contributed by atoms with van der Waals surface area (Å²) in [7, 11) is 1.10. The van der Waals surface area contributed by atoms with E-state index in [1.165, 1.54) is 45.2 Å². The monoisotopic (exact) mass is 473 g/mol. The number of nitrogens with one attached hydrogen (secondary N) is 1. The first-order chi connectivity index (χ1) is 15.1. The summed E-state index contributed by atoms with van der Waals surface area (Å²) in [5.74, 6) is -0.671. The molecule has 4 nitrogen and oxygen atoms in total. The first kappa shape index (κ1) is 24.9. The third kappa shape index (κ3) is 5.59. The maximum absolute atomic E-state index is 13.8. The van der Waals surface area contributed by atoms with Crippen LogP contribution >= 0.6 is 0 Å². The van der Waals surface area contributed by atoms with Crippen LogP contribution in [0.5, 0.6) is 0 Å². The number of rotatable bonds is 4. The number of aromatic nitrogens is 1. The minimum absolute atomic E-state index is 0.209. The summed E-state index contributed by atoms with van der Waals surface area (Å²) < 4.78 is 80.1. The van der Waals surface area contributed by atoms with Crippen molar-refractivity contribution in [1.29, 1.82) is 0 Å². The minimum atomic E-state index is -4.72. The second kappa shape index (κ2) is 8.53. The summed E-state index contributed by atoms with van der Waals surface area (Å²) in [6.45, 7) is 4.62. The van der Waals surface area contributed by atoms with Crippen molar-refractivity contribution in [3.8, 4) is 0 Å². The van der Waals surface area contributed by atoms with Crippen molar-refractivity contribution >= 4 is 11.6 Å². The molecule has 33 heavy (non-hydrogen) atoms. The number of anilines is 1. The highest BCUT2D eigenvalue weighted by Gasteiger charge is 2.47. The van der Waals surface area contributed by atoms with E-state index in [1.807, 2.05) is 0 Å². The maximum Gasteiger partial charge on any atom is 0.416 e. The van der Waals surface area contributed by atoms with Gasteiger partial charge in [0, 0.05) is 18.5 Å². The molecule has 1 amide bonds. The van der Waals surface area contributed by atoms with Crippen LogP contribution in [0.2, 0.25) is 0 Å². The predicted molar refractivity (Wildman–Crippen MR) is 112 cm³/mol. The topological polar surface area (TPSA) is 45.2 Å². The van der Waals surface area contributed by atoms with Gasteiger partial charge in [0.15, 0.2) is 6.04 Å². The average Bonchev–Trinajstić information content (AvgIpc) is 3.07. The molecule has 2 aromatic rings. The van der Waals surface area contributed by atoms with Crippen molar-refractivity contribution in [3.63, 3.8) is 0 Å². The fourth-order valence-corrected chi connectivity index (χ4v) is 4.02. The van der Waals surface area contributed by atoms with Crippen molar-refractivity contribution in [2.45, 2.75) is 58.0 Å². The Morgan fingerprint density at radius 1 is 1.03 bits per heavy atom. The smallest absolute Gasteiger partial charge is 0.380 e. The molecule has 1 aliphatic carbocycles. The van der Waals surface area contributed by atoms with Gasteiger partial charge in [0.2, 0.25) is 5.91 Å². The van der Waals surface area contributed by atoms with Gasteiger partial charge in [-0.15, -0.1) is 0 Å². The Hall–Kier alpha value is -2.78. The molecule has 0 fully saturated rings. The zero-order valence-corrected chi connectivity index (χ0v) is 18.6. The van der Waals surface area contributed by atoms with E-state index in [0.29, 0.717) is 29.0 Å². The largest absolute Gasteiger partial charge is 0.416 e. The van der Waals surface area contributed by atoms with Gasteiger partial charge < -0.3 is 10.2 Å². The third-order valence-corrected chi connectivity index (χ3v) is 5.56. The number of hydrogen-bond acceptors (Lipinski definition) is 3. The molecule has 2 atom stereocenters. The van der Waals surface area contributed by atoms with Crippen LogP contribution in [0.15, 0.2) is 36.5 Å². The molecule has 0 saturated carbocycles. The van der Waals surface area contributed by atoms with Crippen molar-refractivity contribution in [2.24, 2.45) is 5.41 Å². The number of pyridine rings is 1. The molecule has 0 radical (unpaired) electrons. The van der Waals surface area contributed by atoms with Gasteiger partial charge in [0.1, 0.15) is 0 Å². The van der Waals surface area contributed by atoms with E-state index >= 15 is 0 Å². The quantitative estimate of drug-likeness (QED) is 0.572. The Labute approximate surface area is 188 Å². The zero-order valence-electron chi connectivity index (χ0n) is 18.6. The van der Waals surface area contributed by atoms with E-state index in [1.54, 1.807) is 0 Å². The summed E-state index contributed by atoms with van der Waals surface area (Å²) in [4.78, 5) is 17.0. The summed E-state index contributed by atoms with van der Waals surface area (Å²) >= 11 is 0. The first-order valence-electron chi connectivity index (χ1n) is 10.3. The molecule has 1 unspecified atom stereocenters. The fourth-order valence-electron chi connectivity index (χ4n) is 4.02. The van der Waals surface area contributed by atoms with Gasteiger partial charge in [-0.2, -0.15) is 26.3 Å². The number of carbonyl (C=O) groups is 1. The molecular weight excluding hydrogens is 448 g/mol. The molecule has 1 N–H and O–H groups in total. The zero-order chi connectivity index (χ0) is 24.8. The van der Waals surface area contributed by atoms with Gasteiger partial charge in [-0.1, -0.05) is 26.8 Å². The van der Waals surface area contributed by atoms with Crippen LogP contribution in [-0.4, -0.2) is 35.1 Å². The second-order valence-electron chi connectivity index (χ2n) is 9.31. The van der Waals surface area contributed by atoms with E-state index in [4.69, 9.17) is 0 Å². The van der Waals surface area contributed by atoms with E-state index in [0.717, 1.165) is 24.7 Å². The van der Waals surface area contributed by atoms with Gasteiger partial charge in [0.05, 0.1) is 23.1 Å². The summed E-state index contributed by atoms with van der Waals surface area (Å²) in [6.07, 6.45) is -7.05. The van der Waals surface area contributed by atoms with Crippen LogP contribution in [0, 0.1) is 5.41 Å². The number of carbonyl (C=O) groups excluding carboxylic acids is 1. The van der Waals surface area contributed by atoms with Gasteiger partial charge in [0.25, 0.3) is 0 Å². The summed E-state index contributed by atoms with van der Waals surface area (Å²) in [5.41, 5.74) is -0.199. The second-order valence-corrected chi connectivity index (χ2v) is 9.31. The van der Waals surface area contributed by atoms with Gasteiger partial charge >= 0.3 is 12.4 Å². The Morgan fingerprint density at radius 2 is 1.67 bits per heavy atom. The lowest BCUT2D eigenvalue weighted by Crippen LogP contribution is -2.44. The number of alkyl halides is 6. The fraction of sp³-hybridized carbons (Fsp3) is 0.478. The van der Waals surface area contributed by atoms with Crippen molar-refractivity contribution in [2.75, 3.05) is 12.4 Å². The lowest BCUT2D eigenvalue weighted by atomic mass is 9.93. The number of fused-ring (bicyclic) bond motifs is 1. The molecule has 1 heterocycles. The molecule has 0 spiro atoms. The normalized spacial score (nSPS) is 17.5. The Kier molecular flexibility index (Phi) is 6.43. The van der Waals surface area contributed by atoms with Gasteiger partial charge in [-0.3, -0.25) is 9.78 Å². The number of benzene rings is 1. The van der Waals surface area contributed by atoms with Crippen molar-refractivity contribution in [3.05, 3.63) is 58.9 Å². The molecule has 1 aliphatic rings. The number of halogens is 6. The van der Waals surface area contributed by atoms with E-state index in [9.17, 15) is 31.1 Å². The molecular formula is C23H25F6N3O. The van der Waals surface area contributed by atoms with E-state index in [-0.39, 0.29) is 11.7 Å². The van der Waals surface area contributed by atoms with E-state index < -0.39 is 35.3 Å². The summed E-state index contributed by atoms with van der Waals surface area (Å²) in [5, 5.41) is 3.12. The minimum Gasteiger partial charge on any atom is -0.380 e. The SMILES string of the molecule is CN(C(=O)C(C)(C)C)[C@@H](c1ccc(NC2Cc3ccc(C(F)(F)F)cc3C2)cn1)C(F)(F)F. The van der Waals surface area contributed by atoms with Crippen LogP contribution in [0.1, 0.15) is 49.2 Å².